The first-order valence-electron chi connectivity index (χ1n) is 8.83. The van der Waals surface area contributed by atoms with Gasteiger partial charge in [0.15, 0.2) is 11.5 Å². The Morgan fingerprint density at radius 1 is 1.19 bits per heavy atom. The molecule has 5 rings (SSSR count). The smallest absolute Gasteiger partial charge is 0.276 e. The zero-order valence-electron chi connectivity index (χ0n) is 14.2. The van der Waals surface area contributed by atoms with Crippen LogP contribution in [-0.4, -0.2) is 35.7 Å². The van der Waals surface area contributed by atoms with E-state index in [0.29, 0.717) is 29.7 Å². The molecule has 1 amide bonds. The van der Waals surface area contributed by atoms with E-state index in [9.17, 15) is 4.79 Å². The van der Waals surface area contributed by atoms with Crippen LogP contribution in [0.15, 0.2) is 51.6 Å². The second-order valence-corrected chi connectivity index (χ2v) is 6.76. The second-order valence-electron chi connectivity index (χ2n) is 6.76. The van der Waals surface area contributed by atoms with Crippen molar-refractivity contribution in [2.24, 2.45) is 0 Å². The fraction of sp³-hybridized carbons (Fsp3) is 0.300. The number of rotatable bonds is 3. The number of hydrogen-bond acceptors (Lipinski definition) is 5. The molecule has 0 aliphatic carbocycles. The van der Waals surface area contributed by atoms with Gasteiger partial charge in [-0.2, -0.15) is 0 Å². The fourth-order valence-corrected chi connectivity index (χ4v) is 3.75. The van der Waals surface area contributed by atoms with Crippen LogP contribution in [0.2, 0.25) is 0 Å². The first kappa shape index (κ1) is 15.3. The van der Waals surface area contributed by atoms with E-state index >= 15 is 0 Å². The molecule has 2 aromatic heterocycles. The van der Waals surface area contributed by atoms with Gasteiger partial charge in [0.1, 0.15) is 5.75 Å². The fourth-order valence-electron chi connectivity index (χ4n) is 3.75. The van der Waals surface area contributed by atoms with Gasteiger partial charge >= 0.3 is 0 Å². The van der Waals surface area contributed by atoms with Crippen LogP contribution in [0.1, 0.15) is 34.0 Å². The summed E-state index contributed by atoms with van der Waals surface area (Å²) >= 11 is 0. The van der Waals surface area contributed by atoms with Crippen LogP contribution in [0.5, 0.6) is 5.75 Å². The molecule has 132 valence electrons. The number of fused-ring (bicyclic) bond motifs is 1. The number of benzene rings is 1. The number of amides is 1. The first-order chi connectivity index (χ1) is 12.8. The summed E-state index contributed by atoms with van der Waals surface area (Å²) in [5.41, 5.74) is 2.87. The monoisotopic (exact) mass is 350 g/mol. The van der Waals surface area contributed by atoms with Gasteiger partial charge in [0.2, 0.25) is 5.76 Å². The molecular weight excluding hydrogens is 332 g/mol. The Morgan fingerprint density at radius 2 is 2.15 bits per heavy atom. The molecule has 1 saturated heterocycles. The van der Waals surface area contributed by atoms with Crippen LogP contribution in [0.3, 0.4) is 0 Å². The predicted octanol–water partition coefficient (Wildman–Crippen LogP) is 3.50. The van der Waals surface area contributed by atoms with Gasteiger partial charge in [0.25, 0.3) is 5.91 Å². The molecule has 0 radical (unpaired) electrons. The predicted molar refractivity (Wildman–Crippen MR) is 93.1 cm³/mol. The molecule has 1 atom stereocenters. The highest BCUT2D eigenvalue weighted by atomic mass is 16.5. The highest BCUT2D eigenvalue weighted by Crippen LogP contribution is 2.33. The molecular formula is C20H18N2O4. The molecule has 0 saturated carbocycles. The van der Waals surface area contributed by atoms with Crippen LogP contribution < -0.4 is 4.74 Å². The number of carbonyl (C=O) groups excluding carboxylic acids is 1. The molecule has 6 heteroatoms. The van der Waals surface area contributed by atoms with Crippen LogP contribution >= 0.6 is 0 Å². The summed E-state index contributed by atoms with van der Waals surface area (Å²) in [5.74, 6) is 2.27. The lowest BCUT2D eigenvalue weighted by Gasteiger charge is -2.15. The van der Waals surface area contributed by atoms with Crippen molar-refractivity contribution in [1.82, 2.24) is 10.1 Å². The van der Waals surface area contributed by atoms with Gasteiger partial charge in [-0.3, -0.25) is 4.79 Å². The van der Waals surface area contributed by atoms with Gasteiger partial charge in [-0.15, -0.1) is 0 Å². The van der Waals surface area contributed by atoms with E-state index in [1.807, 2.05) is 4.90 Å². The Bertz CT molecular complexity index is 945. The molecule has 0 spiro atoms. The lowest BCUT2D eigenvalue weighted by atomic mass is 9.96. The number of likely N-dealkylation sites (tertiary alicyclic amines) is 1. The molecule has 1 fully saturated rings. The molecule has 0 bridgehead atoms. The molecule has 0 unspecified atom stereocenters. The summed E-state index contributed by atoms with van der Waals surface area (Å²) in [7, 11) is 0. The topological polar surface area (TPSA) is 68.7 Å². The number of furan rings is 1. The van der Waals surface area contributed by atoms with Crippen molar-refractivity contribution in [3.8, 4) is 17.3 Å². The van der Waals surface area contributed by atoms with Crippen molar-refractivity contribution in [2.75, 3.05) is 19.7 Å². The Morgan fingerprint density at radius 3 is 3.04 bits per heavy atom. The van der Waals surface area contributed by atoms with Crippen molar-refractivity contribution in [2.45, 2.75) is 18.8 Å². The van der Waals surface area contributed by atoms with Gasteiger partial charge in [-0.05, 0) is 35.7 Å². The number of aromatic nitrogens is 1. The van der Waals surface area contributed by atoms with E-state index in [2.05, 4.69) is 23.4 Å². The third kappa shape index (κ3) is 2.58. The van der Waals surface area contributed by atoms with E-state index in [0.717, 1.165) is 31.7 Å². The minimum atomic E-state index is -0.0986. The maximum atomic E-state index is 12.7. The number of nitrogens with zero attached hydrogens (tertiary/aromatic N) is 2. The summed E-state index contributed by atoms with van der Waals surface area (Å²) in [4.78, 5) is 14.6. The van der Waals surface area contributed by atoms with E-state index in [1.54, 1.807) is 24.5 Å². The highest BCUT2D eigenvalue weighted by molar-refractivity contribution is 5.93. The summed E-state index contributed by atoms with van der Waals surface area (Å²) in [6, 6.07) is 11.6. The summed E-state index contributed by atoms with van der Waals surface area (Å²) < 4.78 is 16.1. The van der Waals surface area contributed by atoms with Gasteiger partial charge < -0.3 is 18.6 Å². The lowest BCUT2D eigenvalue weighted by Crippen LogP contribution is -2.28. The van der Waals surface area contributed by atoms with Crippen LogP contribution in [0.4, 0.5) is 0 Å². The van der Waals surface area contributed by atoms with Crippen LogP contribution in [-0.2, 0) is 6.42 Å². The Balaban J connectivity index is 1.30. The zero-order valence-corrected chi connectivity index (χ0v) is 14.2. The van der Waals surface area contributed by atoms with Crippen molar-refractivity contribution in [3.63, 3.8) is 0 Å². The minimum absolute atomic E-state index is 0.0986. The minimum Gasteiger partial charge on any atom is -0.493 e. The molecule has 2 aliphatic heterocycles. The molecule has 2 aliphatic rings. The van der Waals surface area contributed by atoms with E-state index in [-0.39, 0.29) is 5.91 Å². The summed E-state index contributed by atoms with van der Waals surface area (Å²) in [6.07, 6.45) is 3.48. The quantitative estimate of drug-likeness (QED) is 0.723. The molecule has 1 aromatic carbocycles. The first-order valence-corrected chi connectivity index (χ1v) is 8.83. The summed E-state index contributed by atoms with van der Waals surface area (Å²) in [5, 5.41) is 3.92. The van der Waals surface area contributed by atoms with E-state index in [4.69, 9.17) is 13.7 Å². The number of ether oxygens (including phenoxy) is 1. The molecule has 0 N–H and O–H groups in total. The largest absolute Gasteiger partial charge is 0.493 e. The Kier molecular flexibility index (Phi) is 3.55. The van der Waals surface area contributed by atoms with Crippen LogP contribution in [0, 0.1) is 0 Å². The maximum Gasteiger partial charge on any atom is 0.276 e. The lowest BCUT2D eigenvalue weighted by molar-refractivity contribution is 0.0780. The van der Waals surface area contributed by atoms with Gasteiger partial charge in [0, 0.05) is 31.5 Å². The molecule has 26 heavy (non-hydrogen) atoms. The van der Waals surface area contributed by atoms with Crippen LogP contribution in [0.25, 0.3) is 11.5 Å². The zero-order chi connectivity index (χ0) is 17.5. The van der Waals surface area contributed by atoms with Crippen molar-refractivity contribution >= 4 is 5.91 Å². The van der Waals surface area contributed by atoms with Gasteiger partial charge in [0.05, 0.1) is 12.9 Å². The third-order valence-electron chi connectivity index (χ3n) is 5.15. The van der Waals surface area contributed by atoms with Crippen molar-refractivity contribution in [3.05, 3.63) is 59.5 Å². The molecule has 6 nitrogen and oxygen atoms in total. The average Bonchev–Trinajstić information content (AvgIpc) is 3.47. The molecule has 4 heterocycles. The highest BCUT2D eigenvalue weighted by Gasteiger charge is 2.30. The van der Waals surface area contributed by atoms with E-state index < -0.39 is 0 Å². The average molecular weight is 350 g/mol. The number of carbonyl (C=O) groups is 1. The Hall–Kier alpha value is -3.02. The van der Waals surface area contributed by atoms with Crippen molar-refractivity contribution < 1.29 is 18.5 Å². The third-order valence-corrected chi connectivity index (χ3v) is 5.15. The SMILES string of the molecule is O=C(c1cc(-c2ccco2)on1)N1CC[C@H](c2ccc3c(c2)CCO3)C1. The molecule has 3 aromatic rings. The normalized spacial score (nSPS) is 18.8. The summed E-state index contributed by atoms with van der Waals surface area (Å²) in [6.45, 7) is 2.18. The van der Waals surface area contributed by atoms with E-state index in [1.165, 1.54) is 11.1 Å². The van der Waals surface area contributed by atoms with Crippen molar-refractivity contribution in [1.29, 1.82) is 0 Å². The standard InChI is InChI=1S/C20H18N2O4/c23-20(16-11-19(26-21-16)18-2-1-8-24-18)22-7-5-15(12-22)13-3-4-17-14(10-13)6-9-25-17/h1-4,8,10-11,15H,5-7,9,12H2/t15-/m0/s1. The Labute approximate surface area is 150 Å². The second kappa shape index (κ2) is 6.05. The van der Waals surface area contributed by atoms with Gasteiger partial charge in [-0.1, -0.05) is 17.3 Å². The van der Waals surface area contributed by atoms with Gasteiger partial charge in [-0.25, -0.2) is 0 Å². The maximum absolute atomic E-state index is 12.7. The number of hydrogen-bond donors (Lipinski definition) is 0.